The van der Waals surface area contributed by atoms with Gasteiger partial charge in [0.05, 0.1) is 25.9 Å². The standard InChI is InChI=1S/C35H40N2O8S/c1-20(45-35(2,3)4)30(36-34(41)44-18-27-24-13-9-7-11-22(24)23-12-8-10-14-25(23)27)31(38)37-28(33(39)40)19-46-32(37)26-16-15-21(42-5)17-29(26)43-6/h7-17,20,27-28,30,32H,18-19H2,1-6H3,(H,36,41)(H,39,40)/t20-,28+,30+,32?/m1/s1. The van der Waals surface area contributed by atoms with Gasteiger partial charge in [0, 0.05) is 23.3 Å². The van der Waals surface area contributed by atoms with Gasteiger partial charge in [-0.25, -0.2) is 9.59 Å². The summed E-state index contributed by atoms with van der Waals surface area (Å²) in [5.41, 5.74) is 4.25. The van der Waals surface area contributed by atoms with Gasteiger partial charge in [-0.1, -0.05) is 48.5 Å². The average molecular weight is 649 g/mol. The Morgan fingerprint density at radius 2 is 1.59 bits per heavy atom. The molecule has 0 saturated carbocycles. The second-order valence-corrected chi connectivity index (χ2v) is 13.4. The van der Waals surface area contributed by atoms with Crippen LogP contribution >= 0.6 is 11.8 Å². The highest BCUT2D eigenvalue weighted by Crippen LogP contribution is 2.47. The number of nitrogens with one attached hydrogen (secondary N) is 1. The number of carboxylic acid groups (broad SMARTS) is 1. The number of alkyl carbamates (subject to hydrolysis) is 1. The van der Waals surface area contributed by atoms with Gasteiger partial charge in [0.25, 0.3) is 0 Å². The summed E-state index contributed by atoms with van der Waals surface area (Å²) < 4.78 is 22.9. The SMILES string of the molecule is COc1ccc(C2SC[C@@H](C(=O)O)N2C(=O)[C@@H](NC(=O)OCC2c3ccccc3-c3ccccc32)[C@@H](C)OC(C)(C)C)c(OC)c1. The van der Waals surface area contributed by atoms with Gasteiger partial charge in [0.2, 0.25) is 5.91 Å². The predicted octanol–water partition coefficient (Wildman–Crippen LogP) is 5.84. The van der Waals surface area contributed by atoms with Crippen molar-refractivity contribution < 1.29 is 38.4 Å². The molecule has 2 aliphatic rings. The summed E-state index contributed by atoms with van der Waals surface area (Å²) in [5, 5.41) is 12.2. The topological polar surface area (TPSA) is 124 Å². The van der Waals surface area contributed by atoms with Crippen molar-refractivity contribution in [3.05, 3.63) is 83.4 Å². The van der Waals surface area contributed by atoms with Gasteiger partial charge in [0.15, 0.2) is 0 Å². The minimum atomic E-state index is -1.25. The Bertz CT molecular complexity index is 1560. The fraction of sp³-hybridized carbons (Fsp3) is 0.400. The van der Waals surface area contributed by atoms with Crippen molar-refractivity contribution in [3.8, 4) is 22.6 Å². The minimum absolute atomic E-state index is 0.0538. The van der Waals surface area contributed by atoms with Crippen LogP contribution in [0.2, 0.25) is 0 Å². The number of amides is 2. The fourth-order valence-electron chi connectivity index (χ4n) is 6.16. The number of methoxy groups -OCH3 is 2. The number of nitrogens with zero attached hydrogens (tertiary/aromatic N) is 1. The van der Waals surface area contributed by atoms with Gasteiger partial charge in [-0.15, -0.1) is 11.8 Å². The molecular formula is C35H40N2O8S. The van der Waals surface area contributed by atoms with Crippen molar-refractivity contribution in [2.24, 2.45) is 0 Å². The third kappa shape index (κ3) is 6.80. The van der Waals surface area contributed by atoms with Crippen LogP contribution in [0.3, 0.4) is 0 Å². The molecule has 11 heteroatoms. The number of rotatable bonds is 10. The third-order valence-corrected chi connectivity index (χ3v) is 9.44. The van der Waals surface area contributed by atoms with E-state index in [1.807, 2.05) is 57.2 Å². The van der Waals surface area contributed by atoms with E-state index in [1.165, 1.54) is 30.9 Å². The Hall–Kier alpha value is -4.22. The molecule has 0 spiro atoms. The maximum Gasteiger partial charge on any atom is 0.407 e. The lowest BCUT2D eigenvalue weighted by molar-refractivity contribution is -0.153. The molecule has 1 aliphatic carbocycles. The normalized spacial score (nSPS) is 18.7. The highest BCUT2D eigenvalue weighted by atomic mass is 32.2. The highest BCUT2D eigenvalue weighted by molar-refractivity contribution is 7.99. The maximum absolute atomic E-state index is 14.5. The average Bonchev–Trinajstić information content (AvgIpc) is 3.61. The number of carbonyl (C=O) groups is 3. The first kappa shape index (κ1) is 33.2. The predicted molar refractivity (Wildman–Crippen MR) is 175 cm³/mol. The highest BCUT2D eigenvalue weighted by Gasteiger charge is 2.47. The summed E-state index contributed by atoms with van der Waals surface area (Å²) in [6.45, 7) is 7.26. The van der Waals surface area contributed by atoms with E-state index >= 15 is 0 Å². The van der Waals surface area contributed by atoms with Crippen molar-refractivity contribution in [2.45, 2.75) is 62.8 Å². The Kier molecular flexibility index (Phi) is 9.83. The summed E-state index contributed by atoms with van der Waals surface area (Å²) in [4.78, 5) is 41.6. The van der Waals surface area contributed by atoms with E-state index in [0.717, 1.165) is 22.3 Å². The second kappa shape index (κ2) is 13.6. The fourth-order valence-corrected chi connectivity index (χ4v) is 7.61. The summed E-state index contributed by atoms with van der Waals surface area (Å²) in [5.74, 6) is -0.786. The molecule has 0 bridgehead atoms. The summed E-state index contributed by atoms with van der Waals surface area (Å²) in [7, 11) is 3.03. The van der Waals surface area contributed by atoms with Gasteiger partial charge < -0.3 is 34.3 Å². The molecule has 244 valence electrons. The number of carboxylic acids is 1. The lowest BCUT2D eigenvalue weighted by Gasteiger charge is -2.36. The number of ether oxygens (including phenoxy) is 4. The molecule has 0 radical (unpaired) electrons. The van der Waals surface area contributed by atoms with Crippen LogP contribution in [0.15, 0.2) is 66.7 Å². The van der Waals surface area contributed by atoms with Crippen molar-refractivity contribution >= 4 is 29.7 Å². The zero-order valence-electron chi connectivity index (χ0n) is 26.8. The molecular weight excluding hydrogens is 608 g/mol. The molecule has 3 aromatic carbocycles. The van der Waals surface area contributed by atoms with E-state index in [9.17, 15) is 19.5 Å². The van der Waals surface area contributed by atoms with E-state index in [4.69, 9.17) is 18.9 Å². The van der Waals surface area contributed by atoms with E-state index in [1.54, 1.807) is 25.1 Å². The lowest BCUT2D eigenvalue weighted by Crippen LogP contribution is -2.58. The molecule has 1 aliphatic heterocycles. The van der Waals surface area contributed by atoms with Crippen molar-refractivity contribution in [2.75, 3.05) is 26.6 Å². The number of aliphatic carboxylic acids is 1. The zero-order valence-corrected chi connectivity index (χ0v) is 27.6. The van der Waals surface area contributed by atoms with E-state index < -0.39 is 47.1 Å². The Balaban J connectivity index is 1.41. The molecule has 2 N–H and O–H groups in total. The van der Waals surface area contributed by atoms with Crippen molar-refractivity contribution in [3.63, 3.8) is 0 Å². The number of hydrogen-bond donors (Lipinski definition) is 2. The largest absolute Gasteiger partial charge is 0.497 e. The van der Waals surface area contributed by atoms with E-state index in [0.29, 0.717) is 17.1 Å². The lowest BCUT2D eigenvalue weighted by atomic mass is 9.98. The minimum Gasteiger partial charge on any atom is -0.497 e. The molecule has 0 aromatic heterocycles. The quantitative estimate of drug-likeness (QED) is 0.279. The summed E-state index contributed by atoms with van der Waals surface area (Å²) in [6.07, 6.45) is -1.63. The van der Waals surface area contributed by atoms with Gasteiger partial charge in [0.1, 0.15) is 35.6 Å². The zero-order chi connectivity index (χ0) is 33.2. The number of fused-ring (bicyclic) bond motifs is 3. The molecule has 2 amide bonds. The van der Waals surface area contributed by atoms with E-state index in [2.05, 4.69) is 17.4 Å². The molecule has 1 saturated heterocycles. The maximum atomic E-state index is 14.5. The summed E-state index contributed by atoms with van der Waals surface area (Å²) >= 11 is 1.31. The number of benzene rings is 3. The monoisotopic (exact) mass is 648 g/mol. The van der Waals surface area contributed by atoms with Crippen LogP contribution in [-0.4, -0.2) is 78.3 Å². The molecule has 5 rings (SSSR count). The van der Waals surface area contributed by atoms with Gasteiger partial charge in [-0.2, -0.15) is 0 Å². The van der Waals surface area contributed by atoms with Gasteiger partial charge in [-0.05, 0) is 62.1 Å². The van der Waals surface area contributed by atoms with Crippen LogP contribution in [0.4, 0.5) is 4.79 Å². The second-order valence-electron chi connectivity index (χ2n) is 12.3. The van der Waals surface area contributed by atoms with Gasteiger partial charge in [-0.3, -0.25) is 4.79 Å². The van der Waals surface area contributed by atoms with Crippen LogP contribution in [-0.2, 0) is 19.1 Å². The Labute approximate surface area is 273 Å². The van der Waals surface area contributed by atoms with Crippen molar-refractivity contribution in [1.29, 1.82) is 0 Å². The first-order chi connectivity index (χ1) is 21.9. The third-order valence-electron chi connectivity index (χ3n) is 8.14. The van der Waals surface area contributed by atoms with Crippen LogP contribution in [0.25, 0.3) is 11.1 Å². The molecule has 1 fully saturated rings. The van der Waals surface area contributed by atoms with Crippen LogP contribution < -0.4 is 14.8 Å². The molecule has 46 heavy (non-hydrogen) atoms. The number of thioether (sulfide) groups is 1. The van der Waals surface area contributed by atoms with Crippen LogP contribution in [0.5, 0.6) is 11.5 Å². The Morgan fingerprint density at radius 1 is 0.957 bits per heavy atom. The summed E-state index contributed by atoms with van der Waals surface area (Å²) in [6, 6.07) is 18.8. The van der Waals surface area contributed by atoms with Crippen LogP contribution in [0.1, 0.15) is 55.7 Å². The van der Waals surface area contributed by atoms with Crippen LogP contribution in [0, 0.1) is 0 Å². The van der Waals surface area contributed by atoms with Crippen molar-refractivity contribution in [1.82, 2.24) is 10.2 Å². The first-order valence-electron chi connectivity index (χ1n) is 15.1. The number of hydrogen-bond acceptors (Lipinski definition) is 8. The molecule has 10 nitrogen and oxygen atoms in total. The molecule has 4 atom stereocenters. The Morgan fingerprint density at radius 3 is 2.15 bits per heavy atom. The molecule has 1 unspecified atom stereocenters. The molecule has 3 aromatic rings. The number of carbonyl (C=O) groups excluding carboxylic acids is 2. The van der Waals surface area contributed by atoms with E-state index in [-0.39, 0.29) is 18.3 Å². The smallest absolute Gasteiger partial charge is 0.407 e. The van der Waals surface area contributed by atoms with Gasteiger partial charge >= 0.3 is 12.1 Å². The first-order valence-corrected chi connectivity index (χ1v) is 16.2. The molecule has 1 heterocycles.